The SMILES string of the molecule is COC1CCC(N2CCCNC(C)C2)C1. The molecule has 1 aliphatic heterocycles. The molecule has 1 saturated heterocycles. The van der Waals surface area contributed by atoms with Gasteiger partial charge in [-0.1, -0.05) is 0 Å². The highest BCUT2D eigenvalue weighted by molar-refractivity contribution is 4.86. The lowest BCUT2D eigenvalue weighted by molar-refractivity contribution is 0.0964. The maximum absolute atomic E-state index is 5.45. The first kappa shape index (κ1) is 11.4. The van der Waals surface area contributed by atoms with Crippen LogP contribution in [0.3, 0.4) is 0 Å². The van der Waals surface area contributed by atoms with Gasteiger partial charge in [0.05, 0.1) is 6.10 Å². The van der Waals surface area contributed by atoms with E-state index in [0.717, 1.165) is 6.04 Å². The summed E-state index contributed by atoms with van der Waals surface area (Å²) in [7, 11) is 1.85. The van der Waals surface area contributed by atoms with E-state index in [-0.39, 0.29) is 0 Å². The quantitative estimate of drug-likeness (QED) is 0.745. The summed E-state index contributed by atoms with van der Waals surface area (Å²) in [5, 5.41) is 3.55. The fraction of sp³-hybridized carbons (Fsp3) is 1.00. The zero-order valence-electron chi connectivity index (χ0n) is 10.0. The summed E-state index contributed by atoms with van der Waals surface area (Å²) in [6.45, 7) is 5.94. The molecule has 1 N–H and O–H groups in total. The lowest BCUT2D eigenvalue weighted by Gasteiger charge is -2.28. The highest BCUT2D eigenvalue weighted by Gasteiger charge is 2.30. The number of rotatable bonds is 2. The van der Waals surface area contributed by atoms with E-state index in [9.17, 15) is 0 Å². The molecule has 2 rings (SSSR count). The second-order valence-electron chi connectivity index (χ2n) is 5.03. The molecule has 0 radical (unpaired) electrons. The van der Waals surface area contributed by atoms with Crippen molar-refractivity contribution in [3.8, 4) is 0 Å². The van der Waals surface area contributed by atoms with Crippen molar-refractivity contribution in [2.24, 2.45) is 0 Å². The molecular weight excluding hydrogens is 188 g/mol. The maximum atomic E-state index is 5.45. The number of nitrogens with zero attached hydrogens (tertiary/aromatic N) is 1. The van der Waals surface area contributed by atoms with Crippen LogP contribution in [-0.4, -0.2) is 49.8 Å². The van der Waals surface area contributed by atoms with Crippen LogP contribution in [0, 0.1) is 0 Å². The van der Waals surface area contributed by atoms with E-state index in [4.69, 9.17) is 4.74 Å². The number of hydrogen-bond donors (Lipinski definition) is 1. The van der Waals surface area contributed by atoms with Crippen molar-refractivity contribution in [2.75, 3.05) is 26.7 Å². The van der Waals surface area contributed by atoms with Crippen LogP contribution in [-0.2, 0) is 4.74 Å². The van der Waals surface area contributed by atoms with Gasteiger partial charge in [0.1, 0.15) is 0 Å². The van der Waals surface area contributed by atoms with Crippen molar-refractivity contribution < 1.29 is 4.74 Å². The van der Waals surface area contributed by atoms with E-state index in [0.29, 0.717) is 12.1 Å². The molecule has 3 nitrogen and oxygen atoms in total. The molecule has 0 amide bonds. The maximum Gasteiger partial charge on any atom is 0.0586 e. The minimum absolute atomic E-state index is 0.515. The van der Waals surface area contributed by atoms with Crippen LogP contribution < -0.4 is 5.32 Å². The first-order chi connectivity index (χ1) is 7.29. The van der Waals surface area contributed by atoms with Gasteiger partial charge in [-0.15, -0.1) is 0 Å². The monoisotopic (exact) mass is 212 g/mol. The molecule has 3 unspecified atom stereocenters. The number of ether oxygens (including phenoxy) is 1. The van der Waals surface area contributed by atoms with Crippen LogP contribution in [0.1, 0.15) is 32.6 Å². The van der Waals surface area contributed by atoms with Crippen LogP contribution in [0.2, 0.25) is 0 Å². The van der Waals surface area contributed by atoms with Crippen LogP contribution in [0.5, 0.6) is 0 Å². The molecule has 1 saturated carbocycles. The summed E-state index contributed by atoms with van der Waals surface area (Å²) in [5.41, 5.74) is 0. The molecule has 1 heterocycles. The smallest absolute Gasteiger partial charge is 0.0586 e. The van der Waals surface area contributed by atoms with Crippen molar-refractivity contribution in [3.05, 3.63) is 0 Å². The standard InChI is InChI=1S/C12H24N2O/c1-10-9-14(7-3-6-13-10)11-4-5-12(8-11)15-2/h10-13H,3-9H2,1-2H3. The lowest BCUT2D eigenvalue weighted by Crippen LogP contribution is -2.40. The average Bonchev–Trinajstić information content (AvgIpc) is 2.61. The van der Waals surface area contributed by atoms with E-state index in [1.165, 1.54) is 45.3 Å². The van der Waals surface area contributed by atoms with Crippen LogP contribution in [0.15, 0.2) is 0 Å². The summed E-state index contributed by atoms with van der Waals surface area (Å²) in [6, 6.07) is 1.42. The number of hydrogen-bond acceptors (Lipinski definition) is 3. The minimum atomic E-state index is 0.515. The summed E-state index contributed by atoms with van der Waals surface area (Å²) in [4.78, 5) is 2.67. The summed E-state index contributed by atoms with van der Waals surface area (Å²) >= 11 is 0. The molecular formula is C12H24N2O. The second-order valence-corrected chi connectivity index (χ2v) is 5.03. The van der Waals surface area contributed by atoms with E-state index in [1.54, 1.807) is 0 Å². The Morgan fingerprint density at radius 1 is 1.33 bits per heavy atom. The van der Waals surface area contributed by atoms with Gasteiger partial charge in [-0.05, 0) is 45.7 Å². The molecule has 0 aromatic carbocycles. The first-order valence-corrected chi connectivity index (χ1v) is 6.30. The van der Waals surface area contributed by atoms with Gasteiger partial charge in [-0.3, -0.25) is 4.90 Å². The van der Waals surface area contributed by atoms with Gasteiger partial charge in [0.25, 0.3) is 0 Å². The van der Waals surface area contributed by atoms with Crippen LogP contribution in [0.25, 0.3) is 0 Å². The Kier molecular flexibility index (Phi) is 4.00. The van der Waals surface area contributed by atoms with Crippen molar-refractivity contribution in [3.63, 3.8) is 0 Å². The lowest BCUT2D eigenvalue weighted by atomic mass is 10.2. The zero-order chi connectivity index (χ0) is 10.7. The molecule has 3 atom stereocenters. The molecule has 0 spiro atoms. The Balaban J connectivity index is 1.86. The molecule has 3 heteroatoms. The summed E-state index contributed by atoms with van der Waals surface area (Å²) < 4.78 is 5.45. The minimum Gasteiger partial charge on any atom is -0.381 e. The molecule has 1 aliphatic carbocycles. The van der Waals surface area contributed by atoms with Gasteiger partial charge < -0.3 is 10.1 Å². The molecule has 0 aromatic rings. The molecule has 15 heavy (non-hydrogen) atoms. The summed E-state index contributed by atoms with van der Waals surface area (Å²) in [6.07, 6.45) is 5.62. The summed E-state index contributed by atoms with van der Waals surface area (Å²) in [5.74, 6) is 0. The predicted octanol–water partition coefficient (Wildman–Crippen LogP) is 1.24. The Labute approximate surface area is 93.2 Å². The third-order valence-electron chi connectivity index (χ3n) is 3.83. The van der Waals surface area contributed by atoms with Gasteiger partial charge in [-0.2, -0.15) is 0 Å². The van der Waals surface area contributed by atoms with Gasteiger partial charge in [0.2, 0.25) is 0 Å². The fourth-order valence-corrected chi connectivity index (χ4v) is 2.93. The van der Waals surface area contributed by atoms with E-state index < -0.39 is 0 Å². The molecule has 2 aliphatic rings. The van der Waals surface area contributed by atoms with Gasteiger partial charge in [0, 0.05) is 25.7 Å². The number of methoxy groups -OCH3 is 1. The van der Waals surface area contributed by atoms with Crippen molar-refractivity contribution in [1.82, 2.24) is 10.2 Å². The highest BCUT2D eigenvalue weighted by atomic mass is 16.5. The Bertz CT molecular complexity index is 198. The van der Waals surface area contributed by atoms with Crippen molar-refractivity contribution in [2.45, 2.75) is 50.8 Å². The van der Waals surface area contributed by atoms with Crippen LogP contribution in [0.4, 0.5) is 0 Å². The third-order valence-corrected chi connectivity index (χ3v) is 3.83. The first-order valence-electron chi connectivity index (χ1n) is 6.30. The average molecular weight is 212 g/mol. The fourth-order valence-electron chi connectivity index (χ4n) is 2.93. The Morgan fingerprint density at radius 3 is 2.93 bits per heavy atom. The highest BCUT2D eigenvalue weighted by Crippen LogP contribution is 2.26. The molecule has 2 fully saturated rings. The topological polar surface area (TPSA) is 24.5 Å². The van der Waals surface area contributed by atoms with Crippen LogP contribution >= 0.6 is 0 Å². The predicted molar refractivity (Wildman–Crippen MR) is 62.1 cm³/mol. The normalized spacial score (nSPS) is 39.2. The molecule has 0 bridgehead atoms. The van der Waals surface area contributed by atoms with Gasteiger partial charge in [-0.25, -0.2) is 0 Å². The van der Waals surface area contributed by atoms with Gasteiger partial charge >= 0.3 is 0 Å². The largest absolute Gasteiger partial charge is 0.381 e. The van der Waals surface area contributed by atoms with E-state index >= 15 is 0 Å². The molecule has 88 valence electrons. The Morgan fingerprint density at radius 2 is 2.20 bits per heavy atom. The zero-order valence-corrected chi connectivity index (χ0v) is 10.0. The Hall–Kier alpha value is -0.120. The number of nitrogens with one attached hydrogen (secondary N) is 1. The van der Waals surface area contributed by atoms with E-state index in [2.05, 4.69) is 17.1 Å². The molecule has 0 aromatic heterocycles. The van der Waals surface area contributed by atoms with Gasteiger partial charge in [0.15, 0.2) is 0 Å². The second kappa shape index (κ2) is 5.28. The van der Waals surface area contributed by atoms with Crippen molar-refractivity contribution in [1.29, 1.82) is 0 Å². The van der Waals surface area contributed by atoms with Crippen molar-refractivity contribution >= 4 is 0 Å². The van der Waals surface area contributed by atoms with E-state index in [1.807, 2.05) is 7.11 Å². The third kappa shape index (κ3) is 2.92.